The van der Waals surface area contributed by atoms with E-state index in [0.29, 0.717) is 41.3 Å². The van der Waals surface area contributed by atoms with Crippen molar-refractivity contribution in [1.82, 2.24) is 19.8 Å². The molecule has 0 bridgehead atoms. The molecular formula is C30H36F3N5O4. The predicted molar refractivity (Wildman–Crippen MR) is 152 cm³/mol. The number of amides is 1. The Balaban J connectivity index is 1.46. The zero-order chi connectivity index (χ0) is 30.2. The number of aryl methyl sites for hydroxylation is 1. The van der Waals surface area contributed by atoms with Crippen molar-refractivity contribution in [2.24, 2.45) is 0 Å². The largest absolute Gasteiger partial charge is 0.493 e. The molecule has 5 rings (SSSR count). The van der Waals surface area contributed by atoms with Gasteiger partial charge in [-0.25, -0.2) is 19.2 Å². The summed E-state index contributed by atoms with van der Waals surface area (Å²) in [6.45, 7) is 7.53. The number of ether oxygens (including phenoxy) is 3. The zero-order valence-electron chi connectivity index (χ0n) is 24.4. The number of carbonyl (C=O) groups excluding carboxylic acids is 1. The Morgan fingerprint density at radius 2 is 2.00 bits per heavy atom. The van der Waals surface area contributed by atoms with Crippen molar-refractivity contribution >= 4 is 22.8 Å². The number of aromatic nitrogens is 2. The molecule has 2 saturated heterocycles. The van der Waals surface area contributed by atoms with Gasteiger partial charge in [-0.05, 0) is 52.8 Å². The molecule has 1 amide bonds. The lowest BCUT2D eigenvalue weighted by atomic mass is 9.96. The molecule has 3 unspecified atom stereocenters. The SMILES string of the molecule is COc1cc2nc(C)nc(NC(C)c3cccc(C(F)(F)C4CCCO4)c3F)c2cc1OC(=O)N1CCN(C)CC1C. The smallest absolute Gasteiger partial charge is 0.415 e. The third kappa shape index (κ3) is 5.82. The van der Waals surface area contributed by atoms with E-state index in [9.17, 15) is 4.79 Å². The number of carbonyl (C=O) groups is 1. The first kappa shape index (κ1) is 29.8. The first-order valence-corrected chi connectivity index (χ1v) is 14.1. The summed E-state index contributed by atoms with van der Waals surface area (Å²) in [6.07, 6.45) is -1.18. The van der Waals surface area contributed by atoms with E-state index in [1.54, 1.807) is 30.9 Å². The number of rotatable bonds is 7. The third-order valence-corrected chi connectivity index (χ3v) is 7.90. The van der Waals surface area contributed by atoms with E-state index in [1.165, 1.54) is 19.2 Å². The fourth-order valence-electron chi connectivity index (χ4n) is 5.63. The molecule has 2 aromatic carbocycles. The van der Waals surface area contributed by atoms with Crippen molar-refractivity contribution < 1.29 is 32.2 Å². The Bertz CT molecular complexity index is 1470. The second kappa shape index (κ2) is 11.9. The number of hydrogen-bond donors (Lipinski definition) is 1. The average molecular weight is 588 g/mol. The molecule has 42 heavy (non-hydrogen) atoms. The van der Waals surface area contributed by atoms with E-state index in [-0.39, 0.29) is 30.4 Å². The molecule has 3 aromatic rings. The van der Waals surface area contributed by atoms with Crippen LogP contribution in [0, 0.1) is 12.7 Å². The van der Waals surface area contributed by atoms with Gasteiger partial charge in [-0.15, -0.1) is 0 Å². The van der Waals surface area contributed by atoms with E-state index in [2.05, 4.69) is 20.2 Å². The molecular weight excluding hydrogens is 551 g/mol. The summed E-state index contributed by atoms with van der Waals surface area (Å²) in [5, 5.41) is 3.65. The van der Waals surface area contributed by atoms with Crippen molar-refractivity contribution in [3.63, 3.8) is 0 Å². The van der Waals surface area contributed by atoms with Gasteiger partial charge in [0.25, 0.3) is 0 Å². The summed E-state index contributed by atoms with van der Waals surface area (Å²) in [5.41, 5.74) is -0.138. The van der Waals surface area contributed by atoms with E-state index >= 15 is 13.2 Å². The van der Waals surface area contributed by atoms with Crippen LogP contribution < -0.4 is 14.8 Å². The molecule has 0 radical (unpaired) electrons. The van der Waals surface area contributed by atoms with Crippen LogP contribution in [-0.2, 0) is 10.7 Å². The van der Waals surface area contributed by atoms with E-state index in [0.717, 1.165) is 19.2 Å². The maximum absolute atomic E-state index is 15.6. The number of nitrogens with one attached hydrogen (secondary N) is 1. The summed E-state index contributed by atoms with van der Waals surface area (Å²) in [7, 11) is 3.47. The minimum atomic E-state index is -3.47. The van der Waals surface area contributed by atoms with Crippen molar-refractivity contribution in [3.8, 4) is 11.5 Å². The van der Waals surface area contributed by atoms with Gasteiger partial charge in [-0.3, -0.25) is 0 Å². The summed E-state index contributed by atoms with van der Waals surface area (Å²) in [5.74, 6) is -3.22. The molecule has 0 aliphatic carbocycles. The monoisotopic (exact) mass is 587 g/mol. The van der Waals surface area contributed by atoms with Crippen LogP contribution in [0.4, 0.5) is 23.8 Å². The molecule has 2 aliphatic rings. The Morgan fingerprint density at radius 3 is 2.69 bits per heavy atom. The molecule has 226 valence electrons. The van der Waals surface area contributed by atoms with Crippen molar-refractivity contribution in [2.75, 3.05) is 45.7 Å². The highest BCUT2D eigenvalue weighted by Gasteiger charge is 2.46. The number of likely N-dealkylation sites (N-methyl/N-ethyl adjacent to an activating group) is 1. The van der Waals surface area contributed by atoms with Gasteiger partial charge in [-0.1, -0.05) is 12.1 Å². The molecule has 2 fully saturated rings. The standard InChI is InChI=1S/C30H36F3N5O4/c1-17-16-37(4)11-12-38(17)29(39)42-25-14-21-23(15-24(25)40-5)35-19(3)36-28(21)34-18(2)20-8-6-9-22(27(20)31)30(32,33)26-10-7-13-41-26/h6,8-9,14-15,17-18,26H,7,10-13,16H2,1-5H3,(H,34,35,36). The fourth-order valence-corrected chi connectivity index (χ4v) is 5.63. The molecule has 2 aliphatic heterocycles. The molecule has 3 heterocycles. The second-order valence-corrected chi connectivity index (χ2v) is 11.0. The Labute approximate surface area is 243 Å². The summed E-state index contributed by atoms with van der Waals surface area (Å²) < 4.78 is 62.5. The molecule has 12 heteroatoms. The number of methoxy groups -OCH3 is 1. The van der Waals surface area contributed by atoms with E-state index < -0.39 is 35.5 Å². The van der Waals surface area contributed by atoms with Crippen molar-refractivity contribution in [2.45, 2.75) is 57.7 Å². The molecule has 1 N–H and O–H groups in total. The summed E-state index contributed by atoms with van der Waals surface area (Å²) >= 11 is 0. The van der Waals surface area contributed by atoms with Crippen LogP contribution in [0.5, 0.6) is 11.5 Å². The first-order valence-electron chi connectivity index (χ1n) is 14.1. The molecule has 9 nitrogen and oxygen atoms in total. The highest BCUT2D eigenvalue weighted by atomic mass is 19.3. The third-order valence-electron chi connectivity index (χ3n) is 7.90. The number of alkyl halides is 2. The van der Waals surface area contributed by atoms with Gasteiger partial charge in [-0.2, -0.15) is 8.78 Å². The average Bonchev–Trinajstić information content (AvgIpc) is 3.49. The number of hydrogen-bond acceptors (Lipinski definition) is 8. The molecule has 1 aromatic heterocycles. The van der Waals surface area contributed by atoms with Gasteiger partial charge < -0.3 is 29.3 Å². The van der Waals surface area contributed by atoms with Gasteiger partial charge in [0.2, 0.25) is 0 Å². The van der Waals surface area contributed by atoms with Gasteiger partial charge in [0.1, 0.15) is 23.6 Å². The highest BCUT2D eigenvalue weighted by molar-refractivity contribution is 5.92. The van der Waals surface area contributed by atoms with Crippen LogP contribution in [0.2, 0.25) is 0 Å². The highest BCUT2D eigenvalue weighted by Crippen LogP contribution is 2.41. The minimum Gasteiger partial charge on any atom is -0.493 e. The van der Waals surface area contributed by atoms with Gasteiger partial charge in [0.15, 0.2) is 11.5 Å². The Morgan fingerprint density at radius 1 is 1.21 bits per heavy atom. The quantitative estimate of drug-likeness (QED) is 0.379. The summed E-state index contributed by atoms with van der Waals surface area (Å²) in [4.78, 5) is 25.9. The normalized spacial score (nSPS) is 20.5. The van der Waals surface area contributed by atoms with Gasteiger partial charge in [0.05, 0.1) is 24.2 Å². The summed E-state index contributed by atoms with van der Waals surface area (Å²) in [6, 6.07) is 6.43. The number of anilines is 1. The Kier molecular flexibility index (Phi) is 8.47. The number of nitrogens with zero attached hydrogens (tertiary/aromatic N) is 4. The van der Waals surface area contributed by atoms with Crippen molar-refractivity contribution in [3.05, 3.63) is 53.1 Å². The predicted octanol–water partition coefficient (Wildman–Crippen LogP) is 5.66. The topological polar surface area (TPSA) is 89.1 Å². The molecule has 3 atom stereocenters. The molecule has 0 spiro atoms. The van der Waals surface area contributed by atoms with Crippen LogP contribution in [0.1, 0.15) is 49.7 Å². The van der Waals surface area contributed by atoms with Crippen LogP contribution in [0.3, 0.4) is 0 Å². The minimum absolute atomic E-state index is 0.0370. The van der Waals surface area contributed by atoms with Crippen LogP contribution >= 0.6 is 0 Å². The van der Waals surface area contributed by atoms with Gasteiger partial charge in [0, 0.05) is 49.3 Å². The van der Waals surface area contributed by atoms with Gasteiger partial charge >= 0.3 is 12.0 Å². The maximum atomic E-state index is 15.6. The maximum Gasteiger partial charge on any atom is 0.415 e. The zero-order valence-corrected chi connectivity index (χ0v) is 24.4. The lowest BCUT2D eigenvalue weighted by Crippen LogP contribution is -2.53. The van der Waals surface area contributed by atoms with E-state index in [4.69, 9.17) is 14.2 Å². The van der Waals surface area contributed by atoms with Crippen molar-refractivity contribution in [1.29, 1.82) is 0 Å². The van der Waals surface area contributed by atoms with Crippen LogP contribution in [0.15, 0.2) is 30.3 Å². The molecule has 0 saturated carbocycles. The number of halogens is 3. The lowest BCUT2D eigenvalue weighted by molar-refractivity contribution is -0.124. The number of piperazine rings is 1. The Hall–Kier alpha value is -3.64. The van der Waals surface area contributed by atoms with Crippen LogP contribution in [-0.4, -0.2) is 78.4 Å². The number of fused-ring (bicyclic) bond motifs is 1. The second-order valence-electron chi connectivity index (χ2n) is 11.0. The first-order chi connectivity index (χ1) is 20.0. The van der Waals surface area contributed by atoms with Crippen LogP contribution in [0.25, 0.3) is 10.9 Å². The fraction of sp³-hybridized carbons (Fsp3) is 0.500. The lowest BCUT2D eigenvalue weighted by Gasteiger charge is -2.37. The van der Waals surface area contributed by atoms with E-state index in [1.807, 2.05) is 14.0 Å². The number of benzene rings is 2.